The average molecular weight is 352 g/mol. The van der Waals surface area contributed by atoms with Crippen LogP contribution < -0.4 is 0 Å². The van der Waals surface area contributed by atoms with Crippen molar-refractivity contribution in [1.29, 1.82) is 0 Å². The van der Waals surface area contributed by atoms with Gasteiger partial charge in [0.05, 0.1) is 12.5 Å². The molecule has 0 radical (unpaired) electrons. The minimum absolute atomic E-state index is 0.0287. The number of ether oxygens (including phenoxy) is 4. The van der Waals surface area contributed by atoms with Crippen molar-refractivity contribution in [3.63, 3.8) is 0 Å². The Morgan fingerprint density at radius 2 is 1.88 bits per heavy atom. The first kappa shape index (κ1) is 19.2. The summed E-state index contributed by atoms with van der Waals surface area (Å²) >= 11 is 0. The smallest absolute Gasteiger partial charge is 0.334 e. The number of hydrogen-bond donors (Lipinski definition) is 0. The maximum atomic E-state index is 12.3. The van der Waals surface area contributed by atoms with Crippen LogP contribution >= 0.6 is 0 Å². The molecule has 7 nitrogen and oxygen atoms in total. The van der Waals surface area contributed by atoms with Crippen LogP contribution in [0.4, 0.5) is 0 Å². The second-order valence-corrected chi connectivity index (χ2v) is 6.37. The van der Waals surface area contributed by atoms with Gasteiger partial charge in [0.1, 0.15) is 25.9 Å². The third-order valence-electron chi connectivity index (χ3n) is 3.98. The number of rotatable bonds is 8. The molecule has 0 N–H and O–H groups in total. The van der Waals surface area contributed by atoms with Crippen molar-refractivity contribution < 1.29 is 33.3 Å². The van der Waals surface area contributed by atoms with E-state index >= 15 is 0 Å². The standard InChI is InChI=1S/C18H24O7/c1-11(2)16(19)22-6-7-23-17(20)14-5-4-12(3)8-15(14)18(21)25-10-13-9-24-13/h8,12-14H,1,4-7,9-10H2,2-3H3. The number of esters is 3. The molecule has 1 aliphatic carbocycles. The van der Waals surface area contributed by atoms with Gasteiger partial charge < -0.3 is 18.9 Å². The molecule has 3 atom stereocenters. The molecule has 7 heteroatoms. The van der Waals surface area contributed by atoms with Gasteiger partial charge in [0.15, 0.2) is 0 Å². The number of epoxide rings is 1. The highest BCUT2D eigenvalue weighted by Crippen LogP contribution is 2.30. The summed E-state index contributed by atoms with van der Waals surface area (Å²) in [7, 11) is 0. The van der Waals surface area contributed by atoms with Crippen molar-refractivity contribution >= 4 is 17.9 Å². The predicted molar refractivity (Wildman–Crippen MR) is 87.4 cm³/mol. The summed E-state index contributed by atoms with van der Waals surface area (Å²) in [5.74, 6) is -2.00. The Balaban J connectivity index is 1.84. The van der Waals surface area contributed by atoms with Gasteiger partial charge in [0, 0.05) is 11.1 Å². The Kier molecular flexibility index (Phi) is 6.75. The van der Waals surface area contributed by atoms with Crippen LogP contribution in [0.3, 0.4) is 0 Å². The van der Waals surface area contributed by atoms with Crippen LogP contribution in [-0.4, -0.2) is 50.4 Å². The Morgan fingerprint density at radius 1 is 1.20 bits per heavy atom. The van der Waals surface area contributed by atoms with Crippen LogP contribution in [0.25, 0.3) is 0 Å². The highest BCUT2D eigenvalue weighted by Gasteiger charge is 2.34. The lowest BCUT2D eigenvalue weighted by molar-refractivity contribution is -0.154. The third kappa shape index (κ3) is 6.01. The zero-order valence-electron chi connectivity index (χ0n) is 14.6. The largest absolute Gasteiger partial charge is 0.462 e. The highest BCUT2D eigenvalue weighted by molar-refractivity contribution is 5.95. The quantitative estimate of drug-likeness (QED) is 0.215. The molecule has 2 rings (SSSR count). The Bertz CT molecular complexity index is 574. The maximum Gasteiger partial charge on any atom is 0.334 e. The fourth-order valence-corrected chi connectivity index (χ4v) is 2.46. The molecule has 138 valence electrons. The van der Waals surface area contributed by atoms with Crippen LogP contribution in [0.5, 0.6) is 0 Å². The Hall–Kier alpha value is -2.15. The Labute approximate surface area is 146 Å². The monoisotopic (exact) mass is 352 g/mol. The summed E-state index contributed by atoms with van der Waals surface area (Å²) in [5, 5.41) is 0. The lowest BCUT2D eigenvalue weighted by Gasteiger charge is -2.24. The van der Waals surface area contributed by atoms with Gasteiger partial charge in [-0.3, -0.25) is 4.79 Å². The number of carbonyl (C=O) groups excluding carboxylic acids is 3. The van der Waals surface area contributed by atoms with Gasteiger partial charge in [-0.15, -0.1) is 0 Å². The first-order valence-corrected chi connectivity index (χ1v) is 8.38. The molecular weight excluding hydrogens is 328 g/mol. The molecule has 0 saturated carbocycles. The van der Waals surface area contributed by atoms with Gasteiger partial charge in [-0.1, -0.05) is 19.6 Å². The summed E-state index contributed by atoms with van der Waals surface area (Å²) in [6.45, 7) is 7.65. The summed E-state index contributed by atoms with van der Waals surface area (Å²) in [6.07, 6.45) is 3.05. The molecule has 0 bridgehead atoms. The minimum Gasteiger partial charge on any atom is -0.462 e. The lowest BCUT2D eigenvalue weighted by Crippen LogP contribution is -2.30. The Morgan fingerprint density at radius 3 is 2.52 bits per heavy atom. The van der Waals surface area contributed by atoms with Gasteiger partial charge in [-0.2, -0.15) is 0 Å². The van der Waals surface area contributed by atoms with E-state index in [1.807, 2.05) is 6.92 Å². The minimum atomic E-state index is -0.652. The van der Waals surface area contributed by atoms with E-state index in [0.717, 1.165) is 6.42 Å². The van der Waals surface area contributed by atoms with Crippen molar-refractivity contribution in [3.05, 3.63) is 23.8 Å². The van der Waals surface area contributed by atoms with Gasteiger partial charge >= 0.3 is 17.9 Å². The summed E-state index contributed by atoms with van der Waals surface area (Å²) in [4.78, 5) is 35.8. The molecule has 2 aliphatic rings. The fourth-order valence-electron chi connectivity index (χ4n) is 2.46. The summed E-state index contributed by atoms with van der Waals surface area (Å²) < 4.78 is 20.2. The molecule has 0 aromatic carbocycles. The van der Waals surface area contributed by atoms with Gasteiger partial charge in [0.2, 0.25) is 0 Å². The number of allylic oxidation sites excluding steroid dienone is 1. The topological polar surface area (TPSA) is 91.4 Å². The van der Waals surface area contributed by atoms with E-state index in [9.17, 15) is 14.4 Å². The maximum absolute atomic E-state index is 12.3. The molecule has 1 heterocycles. The van der Waals surface area contributed by atoms with E-state index in [-0.39, 0.29) is 37.4 Å². The first-order chi connectivity index (χ1) is 11.9. The zero-order valence-corrected chi connectivity index (χ0v) is 14.6. The second kappa shape index (κ2) is 8.80. The van der Waals surface area contributed by atoms with Crippen LogP contribution in [0.2, 0.25) is 0 Å². The molecule has 0 aromatic heterocycles. The van der Waals surface area contributed by atoms with Gasteiger partial charge in [-0.25, -0.2) is 9.59 Å². The zero-order chi connectivity index (χ0) is 18.4. The molecule has 1 saturated heterocycles. The van der Waals surface area contributed by atoms with Gasteiger partial charge in [0.25, 0.3) is 0 Å². The predicted octanol–water partition coefficient (Wildman–Crippen LogP) is 1.56. The molecule has 1 aliphatic heterocycles. The van der Waals surface area contributed by atoms with E-state index in [0.29, 0.717) is 18.6 Å². The van der Waals surface area contributed by atoms with E-state index in [4.69, 9.17) is 18.9 Å². The first-order valence-electron chi connectivity index (χ1n) is 8.38. The lowest BCUT2D eigenvalue weighted by atomic mass is 9.83. The average Bonchev–Trinajstić information content (AvgIpc) is 3.40. The van der Waals surface area contributed by atoms with Crippen molar-refractivity contribution in [2.24, 2.45) is 11.8 Å². The van der Waals surface area contributed by atoms with E-state index in [1.54, 1.807) is 6.08 Å². The third-order valence-corrected chi connectivity index (χ3v) is 3.98. The van der Waals surface area contributed by atoms with Crippen LogP contribution in [0, 0.1) is 11.8 Å². The highest BCUT2D eigenvalue weighted by atomic mass is 16.6. The van der Waals surface area contributed by atoms with Gasteiger partial charge in [-0.05, 0) is 25.7 Å². The molecular formula is C18H24O7. The molecule has 0 amide bonds. The normalized spacial score (nSPS) is 24.7. The summed E-state index contributed by atoms with van der Waals surface area (Å²) in [6, 6.07) is 0. The van der Waals surface area contributed by atoms with E-state index in [1.165, 1.54) is 6.92 Å². The molecule has 3 unspecified atom stereocenters. The molecule has 25 heavy (non-hydrogen) atoms. The van der Waals surface area contributed by atoms with Crippen molar-refractivity contribution in [1.82, 2.24) is 0 Å². The number of carbonyl (C=O) groups is 3. The van der Waals surface area contributed by atoms with Crippen LogP contribution in [-0.2, 0) is 33.3 Å². The van der Waals surface area contributed by atoms with Crippen molar-refractivity contribution in [3.8, 4) is 0 Å². The molecule has 1 fully saturated rings. The number of hydrogen-bond acceptors (Lipinski definition) is 7. The van der Waals surface area contributed by atoms with Crippen LogP contribution in [0.1, 0.15) is 26.7 Å². The SMILES string of the molecule is C=C(C)C(=O)OCCOC(=O)C1CCC(C)C=C1C(=O)OCC1CO1. The van der Waals surface area contributed by atoms with Crippen LogP contribution in [0.15, 0.2) is 23.8 Å². The summed E-state index contributed by atoms with van der Waals surface area (Å²) in [5.41, 5.74) is 0.614. The van der Waals surface area contributed by atoms with Crippen molar-refractivity contribution in [2.45, 2.75) is 32.8 Å². The van der Waals surface area contributed by atoms with E-state index in [2.05, 4.69) is 6.58 Å². The fraction of sp³-hybridized carbons (Fsp3) is 0.611. The van der Waals surface area contributed by atoms with E-state index < -0.39 is 23.8 Å². The van der Waals surface area contributed by atoms with Crippen molar-refractivity contribution in [2.75, 3.05) is 26.4 Å². The second-order valence-electron chi connectivity index (χ2n) is 6.37. The molecule has 0 aromatic rings. The molecule has 0 spiro atoms.